The number of carbonyl (C=O) groups is 1. The SMILES string of the molecule is COC1CCCN(CC(=O)c2ccc(C)cc2)C1. The minimum Gasteiger partial charge on any atom is -0.380 e. The van der Waals surface area contributed by atoms with Crippen molar-refractivity contribution in [2.24, 2.45) is 0 Å². The number of aryl methyl sites for hydroxylation is 1. The number of carbonyl (C=O) groups excluding carboxylic acids is 1. The van der Waals surface area contributed by atoms with Crippen LogP contribution >= 0.6 is 0 Å². The number of benzene rings is 1. The summed E-state index contributed by atoms with van der Waals surface area (Å²) >= 11 is 0. The van der Waals surface area contributed by atoms with Crippen molar-refractivity contribution in [3.8, 4) is 0 Å². The minimum absolute atomic E-state index is 0.201. The zero-order valence-corrected chi connectivity index (χ0v) is 11.2. The number of rotatable bonds is 4. The van der Waals surface area contributed by atoms with Gasteiger partial charge in [0.2, 0.25) is 0 Å². The van der Waals surface area contributed by atoms with Crippen LogP contribution in [0.1, 0.15) is 28.8 Å². The van der Waals surface area contributed by atoms with Crippen molar-refractivity contribution in [2.75, 3.05) is 26.7 Å². The number of hydrogen-bond acceptors (Lipinski definition) is 3. The Bertz CT molecular complexity index is 399. The van der Waals surface area contributed by atoms with E-state index in [-0.39, 0.29) is 11.9 Å². The lowest BCUT2D eigenvalue weighted by Crippen LogP contribution is -2.41. The van der Waals surface area contributed by atoms with E-state index in [2.05, 4.69) is 4.90 Å². The molecule has 0 aromatic heterocycles. The average Bonchev–Trinajstić information content (AvgIpc) is 2.39. The van der Waals surface area contributed by atoms with Gasteiger partial charge in [-0.05, 0) is 26.3 Å². The van der Waals surface area contributed by atoms with Crippen LogP contribution in [0.15, 0.2) is 24.3 Å². The molecule has 0 bridgehead atoms. The third-order valence-corrected chi connectivity index (χ3v) is 3.54. The third kappa shape index (κ3) is 3.40. The van der Waals surface area contributed by atoms with Crippen molar-refractivity contribution in [2.45, 2.75) is 25.9 Å². The molecule has 1 atom stereocenters. The Morgan fingerprint density at radius 3 is 2.78 bits per heavy atom. The maximum Gasteiger partial charge on any atom is 0.176 e. The molecule has 98 valence electrons. The van der Waals surface area contributed by atoms with Gasteiger partial charge in [-0.25, -0.2) is 0 Å². The second-order valence-electron chi connectivity index (χ2n) is 5.02. The molecule has 0 amide bonds. The van der Waals surface area contributed by atoms with Gasteiger partial charge in [-0.2, -0.15) is 0 Å². The summed E-state index contributed by atoms with van der Waals surface area (Å²) in [5, 5.41) is 0. The molecule has 0 N–H and O–H groups in total. The van der Waals surface area contributed by atoms with E-state index < -0.39 is 0 Å². The topological polar surface area (TPSA) is 29.5 Å². The van der Waals surface area contributed by atoms with Crippen molar-refractivity contribution in [1.82, 2.24) is 4.90 Å². The van der Waals surface area contributed by atoms with Gasteiger partial charge in [-0.3, -0.25) is 9.69 Å². The number of ketones is 1. The van der Waals surface area contributed by atoms with E-state index in [0.29, 0.717) is 6.54 Å². The maximum absolute atomic E-state index is 12.1. The zero-order valence-electron chi connectivity index (χ0n) is 11.2. The molecule has 3 nitrogen and oxygen atoms in total. The number of Topliss-reactive ketones (excluding diaryl/α,β-unsaturated/α-hetero) is 1. The van der Waals surface area contributed by atoms with Crippen LogP contribution in [0.3, 0.4) is 0 Å². The van der Waals surface area contributed by atoms with Gasteiger partial charge in [0.15, 0.2) is 5.78 Å². The Morgan fingerprint density at radius 2 is 2.11 bits per heavy atom. The van der Waals surface area contributed by atoms with E-state index in [9.17, 15) is 4.79 Å². The van der Waals surface area contributed by atoms with Crippen LogP contribution in [0.2, 0.25) is 0 Å². The predicted octanol–water partition coefficient (Wildman–Crippen LogP) is 2.29. The average molecular weight is 247 g/mol. The summed E-state index contributed by atoms with van der Waals surface area (Å²) < 4.78 is 5.37. The second kappa shape index (κ2) is 6.12. The number of methoxy groups -OCH3 is 1. The van der Waals surface area contributed by atoms with Crippen molar-refractivity contribution in [1.29, 1.82) is 0 Å². The second-order valence-corrected chi connectivity index (χ2v) is 5.02. The molecule has 1 aromatic carbocycles. The molecule has 2 rings (SSSR count). The van der Waals surface area contributed by atoms with Crippen molar-refractivity contribution in [3.63, 3.8) is 0 Å². The molecule has 18 heavy (non-hydrogen) atoms. The molecule has 1 aliphatic heterocycles. The summed E-state index contributed by atoms with van der Waals surface area (Å²) in [6.45, 7) is 4.40. The van der Waals surface area contributed by atoms with E-state index in [1.54, 1.807) is 7.11 Å². The Kier molecular flexibility index (Phi) is 4.50. The normalized spacial score (nSPS) is 20.9. The Hall–Kier alpha value is -1.19. The lowest BCUT2D eigenvalue weighted by atomic mass is 10.1. The number of piperidine rings is 1. The highest BCUT2D eigenvalue weighted by molar-refractivity contribution is 5.97. The Balaban J connectivity index is 1.92. The van der Waals surface area contributed by atoms with Crippen molar-refractivity contribution in [3.05, 3.63) is 35.4 Å². The molecule has 1 fully saturated rings. The molecule has 0 spiro atoms. The van der Waals surface area contributed by atoms with Crippen LogP contribution in [0.25, 0.3) is 0 Å². The van der Waals surface area contributed by atoms with Gasteiger partial charge in [0, 0.05) is 19.2 Å². The fraction of sp³-hybridized carbons (Fsp3) is 0.533. The largest absolute Gasteiger partial charge is 0.380 e. The van der Waals surface area contributed by atoms with Crippen molar-refractivity contribution >= 4 is 5.78 Å². The quantitative estimate of drug-likeness (QED) is 0.765. The van der Waals surface area contributed by atoms with Gasteiger partial charge in [0.05, 0.1) is 12.6 Å². The number of nitrogens with zero attached hydrogens (tertiary/aromatic N) is 1. The van der Waals surface area contributed by atoms with Gasteiger partial charge in [-0.15, -0.1) is 0 Å². The Morgan fingerprint density at radius 1 is 1.39 bits per heavy atom. The lowest BCUT2D eigenvalue weighted by molar-refractivity contribution is 0.0314. The number of hydrogen-bond donors (Lipinski definition) is 0. The van der Waals surface area contributed by atoms with Gasteiger partial charge in [0.25, 0.3) is 0 Å². The summed E-state index contributed by atoms with van der Waals surface area (Å²) in [5.41, 5.74) is 1.99. The molecule has 1 unspecified atom stereocenters. The zero-order chi connectivity index (χ0) is 13.0. The maximum atomic E-state index is 12.1. The van der Waals surface area contributed by atoms with Crippen LogP contribution in [-0.4, -0.2) is 43.5 Å². The number of ether oxygens (including phenoxy) is 1. The Labute approximate surface area is 109 Å². The molecule has 1 heterocycles. The first-order chi connectivity index (χ1) is 8.69. The first-order valence-electron chi connectivity index (χ1n) is 6.54. The van der Waals surface area contributed by atoms with Gasteiger partial charge >= 0.3 is 0 Å². The molecule has 0 radical (unpaired) electrons. The third-order valence-electron chi connectivity index (χ3n) is 3.54. The summed E-state index contributed by atoms with van der Waals surface area (Å²) in [6, 6.07) is 7.80. The van der Waals surface area contributed by atoms with Crippen LogP contribution in [0.4, 0.5) is 0 Å². The minimum atomic E-state index is 0.201. The van der Waals surface area contributed by atoms with Gasteiger partial charge < -0.3 is 4.74 Å². The number of likely N-dealkylation sites (tertiary alicyclic amines) is 1. The van der Waals surface area contributed by atoms with Crippen LogP contribution in [0, 0.1) is 6.92 Å². The molecule has 1 aliphatic rings. The molecular weight excluding hydrogens is 226 g/mol. The smallest absolute Gasteiger partial charge is 0.176 e. The molecule has 0 saturated carbocycles. The van der Waals surface area contributed by atoms with Crippen LogP contribution < -0.4 is 0 Å². The summed E-state index contributed by atoms with van der Waals surface area (Å²) in [5.74, 6) is 0.201. The van der Waals surface area contributed by atoms with Gasteiger partial charge in [-0.1, -0.05) is 29.8 Å². The summed E-state index contributed by atoms with van der Waals surface area (Å²) in [4.78, 5) is 14.3. The van der Waals surface area contributed by atoms with Crippen LogP contribution in [-0.2, 0) is 4.74 Å². The van der Waals surface area contributed by atoms with Crippen LogP contribution in [0.5, 0.6) is 0 Å². The fourth-order valence-electron chi connectivity index (χ4n) is 2.38. The highest BCUT2D eigenvalue weighted by atomic mass is 16.5. The first kappa shape index (κ1) is 13.2. The van der Waals surface area contributed by atoms with E-state index in [1.165, 1.54) is 5.56 Å². The van der Waals surface area contributed by atoms with E-state index >= 15 is 0 Å². The first-order valence-corrected chi connectivity index (χ1v) is 6.54. The highest BCUT2D eigenvalue weighted by Gasteiger charge is 2.21. The monoisotopic (exact) mass is 247 g/mol. The van der Waals surface area contributed by atoms with E-state index in [1.807, 2.05) is 31.2 Å². The lowest BCUT2D eigenvalue weighted by Gasteiger charge is -2.31. The molecule has 3 heteroatoms. The standard InChI is InChI=1S/C15H21NO2/c1-12-5-7-13(8-6-12)15(17)11-16-9-3-4-14(10-16)18-2/h5-8,14H,3-4,9-11H2,1-2H3. The van der Waals surface area contributed by atoms with E-state index in [0.717, 1.165) is 31.5 Å². The molecule has 1 saturated heterocycles. The van der Waals surface area contributed by atoms with Crippen molar-refractivity contribution < 1.29 is 9.53 Å². The summed E-state index contributed by atoms with van der Waals surface area (Å²) in [7, 11) is 1.75. The molecular formula is C15H21NO2. The van der Waals surface area contributed by atoms with E-state index in [4.69, 9.17) is 4.74 Å². The highest BCUT2D eigenvalue weighted by Crippen LogP contribution is 2.13. The molecule has 1 aromatic rings. The predicted molar refractivity (Wildman–Crippen MR) is 72.0 cm³/mol. The fourth-order valence-corrected chi connectivity index (χ4v) is 2.38. The summed E-state index contributed by atoms with van der Waals surface area (Å²) in [6.07, 6.45) is 2.50. The molecule has 0 aliphatic carbocycles. The van der Waals surface area contributed by atoms with Gasteiger partial charge in [0.1, 0.15) is 0 Å².